The summed E-state index contributed by atoms with van der Waals surface area (Å²) in [6.07, 6.45) is 5.14. The van der Waals surface area contributed by atoms with Gasteiger partial charge in [0.1, 0.15) is 5.69 Å². The van der Waals surface area contributed by atoms with Crippen LogP contribution >= 0.6 is 11.6 Å². The number of nitrogens with zero attached hydrogens (tertiary/aromatic N) is 2. The first-order valence-corrected chi connectivity index (χ1v) is 5.65. The first kappa shape index (κ1) is 11.7. The van der Waals surface area contributed by atoms with Gasteiger partial charge in [-0.3, -0.25) is 9.48 Å². The van der Waals surface area contributed by atoms with Crippen molar-refractivity contribution in [2.24, 2.45) is 0 Å². The molecular formula is C11H13ClN4O. The van der Waals surface area contributed by atoms with Crippen LogP contribution in [0, 0.1) is 0 Å². The third-order valence-corrected chi connectivity index (χ3v) is 2.51. The molecule has 2 N–H and O–H groups in total. The average Bonchev–Trinajstić information content (AvgIpc) is 2.89. The van der Waals surface area contributed by atoms with Gasteiger partial charge in [0.05, 0.1) is 11.6 Å². The van der Waals surface area contributed by atoms with Crippen LogP contribution in [0.3, 0.4) is 0 Å². The fourth-order valence-corrected chi connectivity index (χ4v) is 1.70. The van der Waals surface area contributed by atoms with Crippen molar-refractivity contribution in [3.05, 3.63) is 41.4 Å². The number of hydrogen-bond acceptors (Lipinski definition) is 2. The van der Waals surface area contributed by atoms with Crippen molar-refractivity contribution in [1.29, 1.82) is 0 Å². The van der Waals surface area contributed by atoms with Crippen molar-refractivity contribution in [2.75, 3.05) is 0 Å². The van der Waals surface area contributed by atoms with Gasteiger partial charge in [-0.1, -0.05) is 11.6 Å². The van der Waals surface area contributed by atoms with Gasteiger partial charge >= 0.3 is 0 Å². The van der Waals surface area contributed by atoms with Crippen LogP contribution in [0.1, 0.15) is 17.4 Å². The number of nitrogens with one attached hydrogen (secondary N) is 2. The Balaban J connectivity index is 1.90. The smallest absolute Gasteiger partial charge is 0.268 e. The quantitative estimate of drug-likeness (QED) is 0.870. The van der Waals surface area contributed by atoms with Gasteiger partial charge in [-0.2, -0.15) is 5.10 Å². The maximum atomic E-state index is 11.8. The maximum absolute atomic E-state index is 11.8. The van der Waals surface area contributed by atoms with E-state index in [9.17, 15) is 4.79 Å². The molecule has 2 rings (SSSR count). The van der Waals surface area contributed by atoms with Gasteiger partial charge in [-0.05, 0) is 19.1 Å². The van der Waals surface area contributed by atoms with Gasteiger partial charge in [0.25, 0.3) is 5.91 Å². The average molecular weight is 253 g/mol. The largest absolute Gasteiger partial charge is 0.356 e. The van der Waals surface area contributed by atoms with Gasteiger partial charge in [-0.15, -0.1) is 0 Å². The van der Waals surface area contributed by atoms with E-state index in [1.807, 2.05) is 19.2 Å². The van der Waals surface area contributed by atoms with E-state index in [1.165, 1.54) is 0 Å². The normalized spacial score (nSPS) is 12.4. The Hall–Kier alpha value is -1.75. The number of carbonyl (C=O) groups is 1. The highest BCUT2D eigenvalue weighted by atomic mass is 35.5. The highest BCUT2D eigenvalue weighted by Crippen LogP contribution is 2.09. The second-order valence-electron chi connectivity index (χ2n) is 3.83. The minimum atomic E-state index is -0.170. The number of hydrogen-bond donors (Lipinski definition) is 2. The van der Waals surface area contributed by atoms with E-state index in [-0.39, 0.29) is 11.9 Å². The lowest BCUT2D eigenvalue weighted by molar-refractivity contribution is 0.0931. The van der Waals surface area contributed by atoms with Gasteiger partial charge in [-0.25, -0.2) is 0 Å². The summed E-state index contributed by atoms with van der Waals surface area (Å²) in [4.78, 5) is 14.6. The van der Waals surface area contributed by atoms with Gasteiger partial charge in [0.2, 0.25) is 0 Å². The molecule has 0 spiro atoms. The predicted octanol–water partition coefficient (Wildman–Crippen LogP) is 1.68. The number of halogens is 1. The first-order chi connectivity index (χ1) is 8.15. The van der Waals surface area contributed by atoms with Gasteiger partial charge in [0, 0.05) is 24.6 Å². The van der Waals surface area contributed by atoms with Crippen molar-refractivity contribution in [1.82, 2.24) is 20.1 Å². The van der Waals surface area contributed by atoms with Gasteiger partial charge in [0.15, 0.2) is 0 Å². The molecule has 0 aliphatic heterocycles. The Labute approximate surface area is 104 Å². The second-order valence-corrected chi connectivity index (χ2v) is 4.27. The Bertz CT molecular complexity index is 491. The Morgan fingerprint density at radius 1 is 1.71 bits per heavy atom. The topological polar surface area (TPSA) is 62.7 Å². The molecule has 6 heteroatoms. The van der Waals surface area contributed by atoms with Crippen LogP contribution in [0.15, 0.2) is 30.7 Å². The molecule has 2 aromatic rings. The lowest BCUT2D eigenvalue weighted by Gasteiger charge is -2.13. The molecule has 0 bridgehead atoms. The molecule has 1 atom stereocenters. The predicted molar refractivity (Wildman–Crippen MR) is 65.0 cm³/mol. The van der Waals surface area contributed by atoms with E-state index in [0.717, 1.165) is 0 Å². The number of carbonyl (C=O) groups excluding carboxylic acids is 1. The number of amides is 1. The van der Waals surface area contributed by atoms with E-state index in [4.69, 9.17) is 11.6 Å². The molecule has 0 aliphatic rings. The fraction of sp³-hybridized carbons (Fsp3) is 0.273. The minimum absolute atomic E-state index is 0.00974. The summed E-state index contributed by atoms with van der Waals surface area (Å²) in [6.45, 7) is 2.55. The van der Waals surface area contributed by atoms with E-state index in [1.54, 1.807) is 23.1 Å². The van der Waals surface area contributed by atoms with Crippen molar-refractivity contribution in [2.45, 2.75) is 19.5 Å². The second kappa shape index (κ2) is 5.05. The van der Waals surface area contributed by atoms with E-state index < -0.39 is 0 Å². The number of aromatic amines is 1. The van der Waals surface area contributed by atoms with Crippen molar-refractivity contribution < 1.29 is 4.79 Å². The Morgan fingerprint density at radius 2 is 2.53 bits per heavy atom. The lowest BCUT2D eigenvalue weighted by atomic mass is 10.3. The summed E-state index contributed by atoms with van der Waals surface area (Å²) in [6, 6.07) is 3.43. The summed E-state index contributed by atoms with van der Waals surface area (Å²) in [7, 11) is 0. The highest BCUT2D eigenvalue weighted by Gasteiger charge is 2.11. The zero-order valence-electron chi connectivity index (χ0n) is 9.35. The number of rotatable bonds is 4. The summed E-state index contributed by atoms with van der Waals surface area (Å²) in [5, 5.41) is 7.46. The molecule has 0 aliphatic carbocycles. The van der Waals surface area contributed by atoms with E-state index >= 15 is 0 Å². The monoisotopic (exact) mass is 252 g/mol. The van der Waals surface area contributed by atoms with Crippen LogP contribution in [-0.2, 0) is 6.54 Å². The fourth-order valence-electron chi connectivity index (χ4n) is 1.54. The summed E-state index contributed by atoms with van der Waals surface area (Å²) in [5.41, 5.74) is 0.460. The molecule has 17 heavy (non-hydrogen) atoms. The first-order valence-electron chi connectivity index (χ1n) is 5.27. The summed E-state index contributed by atoms with van der Waals surface area (Å²) < 4.78 is 1.77. The van der Waals surface area contributed by atoms with Crippen LogP contribution in [0.5, 0.6) is 0 Å². The highest BCUT2D eigenvalue weighted by molar-refractivity contribution is 6.30. The van der Waals surface area contributed by atoms with Crippen LogP contribution in [0.4, 0.5) is 0 Å². The molecule has 90 valence electrons. The Kier molecular flexibility index (Phi) is 3.49. The van der Waals surface area contributed by atoms with Crippen LogP contribution in [-0.4, -0.2) is 26.7 Å². The maximum Gasteiger partial charge on any atom is 0.268 e. The van der Waals surface area contributed by atoms with Crippen LogP contribution < -0.4 is 5.32 Å². The van der Waals surface area contributed by atoms with E-state index in [0.29, 0.717) is 17.3 Å². The van der Waals surface area contributed by atoms with Gasteiger partial charge < -0.3 is 10.3 Å². The SMILES string of the molecule is CC(Cn1cccn1)NC(=O)c1cc(Cl)c[nH]1. The van der Waals surface area contributed by atoms with Crippen molar-refractivity contribution in [3.8, 4) is 0 Å². The zero-order chi connectivity index (χ0) is 12.3. The minimum Gasteiger partial charge on any atom is -0.356 e. The molecule has 5 nitrogen and oxygen atoms in total. The molecule has 1 unspecified atom stereocenters. The molecular weight excluding hydrogens is 240 g/mol. The molecule has 0 fully saturated rings. The van der Waals surface area contributed by atoms with Crippen LogP contribution in [0.25, 0.3) is 0 Å². The molecule has 2 heterocycles. The molecule has 0 aromatic carbocycles. The summed E-state index contributed by atoms with van der Waals surface area (Å²) >= 11 is 5.73. The number of H-pyrrole nitrogens is 1. The summed E-state index contributed by atoms with van der Waals surface area (Å²) in [5.74, 6) is -0.170. The molecule has 0 radical (unpaired) electrons. The molecule has 0 saturated heterocycles. The molecule has 1 amide bonds. The van der Waals surface area contributed by atoms with Crippen molar-refractivity contribution in [3.63, 3.8) is 0 Å². The van der Waals surface area contributed by atoms with Crippen molar-refractivity contribution >= 4 is 17.5 Å². The third kappa shape index (κ3) is 3.10. The van der Waals surface area contributed by atoms with Crippen LogP contribution in [0.2, 0.25) is 5.02 Å². The molecule has 2 aromatic heterocycles. The zero-order valence-corrected chi connectivity index (χ0v) is 10.1. The third-order valence-electron chi connectivity index (χ3n) is 2.29. The molecule has 0 saturated carbocycles. The lowest BCUT2D eigenvalue weighted by Crippen LogP contribution is -2.35. The number of aromatic nitrogens is 3. The standard InChI is InChI=1S/C11H13ClN4O/c1-8(7-16-4-2-3-14-16)15-11(17)10-5-9(12)6-13-10/h2-6,8,13H,7H2,1H3,(H,15,17). The Morgan fingerprint density at radius 3 is 3.12 bits per heavy atom. The van der Waals surface area contributed by atoms with E-state index in [2.05, 4.69) is 15.4 Å².